The maximum absolute atomic E-state index is 13.5. The largest absolute Gasteiger partial charge is 0.493 e. The van der Waals surface area contributed by atoms with E-state index in [4.69, 9.17) is 14.2 Å². The average Bonchev–Trinajstić information content (AvgIpc) is 3.34. The second-order valence-corrected chi connectivity index (χ2v) is 10.2. The number of methoxy groups -OCH3 is 2. The van der Waals surface area contributed by atoms with Gasteiger partial charge in [0.1, 0.15) is 5.82 Å². The van der Waals surface area contributed by atoms with Crippen LogP contribution < -0.4 is 9.47 Å². The SMILES string of the molecule is CCOC(=O)c1cc(-c2ccc(F)cc2)n(C2CCN(S(=O)(=O)c3ccc(OC)c(OC)c3)CC2)n1. The fourth-order valence-electron chi connectivity index (χ4n) is 4.27. The summed E-state index contributed by atoms with van der Waals surface area (Å²) in [5.74, 6) is -0.141. The molecule has 2 heterocycles. The van der Waals surface area contributed by atoms with Crippen LogP contribution in [-0.2, 0) is 14.8 Å². The summed E-state index contributed by atoms with van der Waals surface area (Å²) in [7, 11) is -0.818. The predicted octanol–water partition coefficient (Wildman–Crippen LogP) is 3.91. The van der Waals surface area contributed by atoms with E-state index in [2.05, 4.69) is 5.10 Å². The molecule has 0 spiro atoms. The molecule has 3 aromatic rings. The quantitative estimate of drug-likeness (QED) is 0.418. The van der Waals surface area contributed by atoms with Crippen molar-refractivity contribution in [2.45, 2.75) is 30.7 Å². The Hall–Kier alpha value is -3.44. The van der Waals surface area contributed by atoms with E-state index in [-0.39, 0.29) is 42.1 Å². The lowest BCUT2D eigenvalue weighted by Crippen LogP contribution is -2.39. The van der Waals surface area contributed by atoms with Gasteiger partial charge in [0.2, 0.25) is 10.0 Å². The monoisotopic (exact) mass is 517 g/mol. The maximum Gasteiger partial charge on any atom is 0.358 e. The number of carbonyl (C=O) groups excluding carboxylic acids is 1. The number of ether oxygens (including phenoxy) is 3. The minimum Gasteiger partial charge on any atom is -0.493 e. The lowest BCUT2D eigenvalue weighted by atomic mass is 10.1. The van der Waals surface area contributed by atoms with Gasteiger partial charge in [0, 0.05) is 24.7 Å². The molecule has 36 heavy (non-hydrogen) atoms. The molecule has 1 aliphatic rings. The highest BCUT2D eigenvalue weighted by molar-refractivity contribution is 7.89. The van der Waals surface area contributed by atoms with Crippen molar-refractivity contribution in [1.82, 2.24) is 14.1 Å². The summed E-state index contributed by atoms with van der Waals surface area (Å²) < 4.78 is 58.8. The molecule has 0 N–H and O–H groups in total. The van der Waals surface area contributed by atoms with Crippen molar-refractivity contribution < 1.29 is 31.8 Å². The van der Waals surface area contributed by atoms with Crippen molar-refractivity contribution >= 4 is 16.0 Å². The van der Waals surface area contributed by atoms with Crippen LogP contribution in [0.4, 0.5) is 4.39 Å². The zero-order valence-corrected chi connectivity index (χ0v) is 21.1. The molecule has 1 saturated heterocycles. The fraction of sp³-hybridized carbons (Fsp3) is 0.360. The predicted molar refractivity (Wildman–Crippen MR) is 130 cm³/mol. The molecule has 1 aliphatic heterocycles. The normalized spacial score (nSPS) is 15.0. The highest BCUT2D eigenvalue weighted by Crippen LogP contribution is 2.34. The van der Waals surface area contributed by atoms with Gasteiger partial charge in [-0.1, -0.05) is 0 Å². The first-order valence-corrected chi connectivity index (χ1v) is 13.0. The summed E-state index contributed by atoms with van der Waals surface area (Å²) in [6.07, 6.45) is 0.954. The van der Waals surface area contributed by atoms with Crippen LogP contribution in [-0.4, -0.2) is 62.4 Å². The molecule has 1 aromatic heterocycles. The van der Waals surface area contributed by atoms with Gasteiger partial charge in [-0.3, -0.25) is 4.68 Å². The van der Waals surface area contributed by atoms with Gasteiger partial charge < -0.3 is 14.2 Å². The zero-order valence-electron chi connectivity index (χ0n) is 20.3. The minimum atomic E-state index is -3.76. The Kier molecular flexibility index (Phi) is 7.60. The lowest BCUT2D eigenvalue weighted by molar-refractivity contribution is 0.0517. The smallest absolute Gasteiger partial charge is 0.358 e. The van der Waals surface area contributed by atoms with E-state index in [1.165, 1.54) is 42.8 Å². The van der Waals surface area contributed by atoms with E-state index in [0.717, 1.165) is 0 Å². The number of piperidine rings is 1. The zero-order chi connectivity index (χ0) is 25.9. The highest BCUT2D eigenvalue weighted by Gasteiger charge is 2.32. The first-order valence-electron chi connectivity index (χ1n) is 11.5. The van der Waals surface area contributed by atoms with Crippen LogP contribution >= 0.6 is 0 Å². The van der Waals surface area contributed by atoms with Crippen molar-refractivity contribution in [3.05, 3.63) is 60.0 Å². The van der Waals surface area contributed by atoms with Gasteiger partial charge in [0.05, 0.1) is 37.5 Å². The van der Waals surface area contributed by atoms with Crippen LogP contribution in [0.15, 0.2) is 53.4 Å². The number of halogens is 1. The molecule has 0 atom stereocenters. The van der Waals surface area contributed by atoms with Crippen molar-refractivity contribution in [3.63, 3.8) is 0 Å². The molecule has 0 unspecified atom stereocenters. The second-order valence-electron chi connectivity index (χ2n) is 8.24. The molecule has 0 saturated carbocycles. The topological polar surface area (TPSA) is 100.0 Å². The van der Waals surface area contributed by atoms with Crippen molar-refractivity contribution in [2.24, 2.45) is 0 Å². The highest BCUT2D eigenvalue weighted by atomic mass is 32.2. The molecular weight excluding hydrogens is 489 g/mol. The third-order valence-electron chi connectivity index (χ3n) is 6.12. The number of rotatable bonds is 8. The summed E-state index contributed by atoms with van der Waals surface area (Å²) in [5, 5.41) is 4.49. The van der Waals surface area contributed by atoms with E-state index in [0.29, 0.717) is 35.6 Å². The molecule has 9 nitrogen and oxygen atoms in total. The van der Waals surface area contributed by atoms with E-state index in [9.17, 15) is 17.6 Å². The molecule has 11 heteroatoms. The van der Waals surface area contributed by atoms with Crippen LogP contribution in [0.25, 0.3) is 11.3 Å². The summed E-state index contributed by atoms with van der Waals surface area (Å²) in [5.41, 5.74) is 1.48. The molecule has 0 bridgehead atoms. The summed E-state index contributed by atoms with van der Waals surface area (Å²) in [4.78, 5) is 12.5. The Morgan fingerprint density at radius 3 is 2.31 bits per heavy atom. The first kappa shape index (κ1) is 25.6. The second kappa shape index (κ2) is 10.7. The standard InChI is InChI=1S/C25H28FN3O6S/c1-4-35-25(30)21-16-22(17-5-7-18(26)8-6-17)29(27-21)19-11-13-28(14-12-19)36(31,32)20-9-10-23(33-2)24(15-20)34-3/h5-10,15-16,19H,4,11-14H2,1-3H3. The molecule has 1 fully saturated rings. The Bertz CT molecular complexity index is 1330. The van der Waals surface area contributed by atoms with Crippen LogP contribution in [0.2, 0.25) is 0 Å². The van der Waals surface area contributed by atoms with Gasteiger partial charge in [-0.25, -0.2) is 17.6 Å². The Morgan fingerprint density at radius 2 is 1.69 bits per heavy atom. The lowest BCUT2D eigenvalue weighted by Gasteiger charge is -2.32. The van der Waals surface area contributed by atoms with Crippen LogP contribution in [0.5, 0.6) is 11.5 Å². The molecule has 0 radical (unpaired) electrons. The summed E-state index contributed by atoms with van der Waals surface area (Å²) in [6, 6.07) is 11.9. The number of hydrogen-bond donors (Lipinski definition) is 0. The number of esters is 1. The average molecular weight is 518 g/mol. The van der Waals surface area contributed by atoms with Gasteiger partial charge in [0.15, 0.2) is 17.2 Å². The summed E-state index contributed by atoms with van der Waals surface area (Å²) in [6.45, 7) is 2.45. The van der Waals surface area contributed by atoms with Crippen LogP contribution in [0, 0.1) is 5.82 Å². The van der Waals surface area contributed by atoms with E-state index >= 15 is 0 Å². The van der Waals surface area contributed by atoms with Crippen LogP contribution in [0.1, 0.15) is 36.3 Å². The number of aromatic nitrogens is 2. The van der Waals surface area contributed by atoms with Gasteiger partial charge in [-0.15, -0.1) is 0 Å². The summed E-state index contributed by atoms with van der Waals surface area (Å²) >= 11 is 0. The van der Waals surface area contributed by atoms with E-state index in [1.807, 2.05) is 0 Å². The molecule has 192 valence electrons. The van der Waals surface area contributed by atoms with Crippen molar-refractivity contribution in [2.75, 3.05) is 33.9 Å². The van der Waals surface area contributed by atoms with E-state index < -0.39 is 16.0 Å². The minimum absolute atomic E-state index is 0.120. The molecule has 0 aliphatic carbocycles. The van der Waals surface area contributed by atoms with Crippen molar-refractivity contribution in [3.8, 4) is 22.8 Å². The first-order chi connectivity index (χ1) is 17.3. The van der Waals surface area contributed by atoms with Gasteiger partial charge >= 0.3 is 5.97 Å². The maximum atomic E-state index is 13.5. The number of hydrogen-bond acceptors (Lipinski definition) is 7. The van der Waals surface area contributed by atoms with Crippen LogP contribution in [0.3, 0.4) is 0 Å². The Labute approximate surface area is 209 Å². The molecule has 4 rings (SSSR count). The number of benzene rings is 2. The van der Waals surface area contributed by atoms with Gasteiger partial charge in [-0.2, -0.15) is 9.40 Å². The number of sulfonamides is 1. The Balaban J connectivity index is 1.58. The van der Waals surface area contributed by atoms with Gasteiger partial charge in [0.25, 0.3) is 0 Å². The molecule has 0 amide bonds. The fourth-order valence-corrected chi connectivity index (χ4v) is 5.75. The van der Waals surface area contributed by atoms with Crippen molar-refractivity contribution in [1.29, 1.82) is 0 Å². The van der Waals surface area contributed by atoms with Gasteiger partial charge in [-0.05, 0) is 62.2 Å². The third kappa shape index (κ3) is 5.07. The number of carbonyl (C=O) groups is 1. The molecule has 2 aromatic carbocycles. The number of nitrogens with zero attached hydrogens (tertiary/aromatic N) is 3. The van der Waals surface area contributed by atoms with E-state index in [1.54, 1.807) is 35.9 Å². The molecular formula is C25H28FN3O6S. The Morgan fingerprint density at radius 1 is 1.03 bits per heavy atom. The third-order valence-corrected chi connectivity index (χ3v) is 8.02.